The van der Waals surface area contributed by atoms with Crippen molar-refractivity contribution in [1.29, 1.82) is 0 Å². The molecule has 0 radical (unpaired) electrons. The lowest BCUT2D eigenvalue weighted by Crippen LogP contribution is -1.93. The summed E-state index contributed by atoms with van der Waals surface area (Å²) in [5.74, 6) is -1.25. The minimum atomic E-state index is -0.536. The minimum absolute atomic E-state index is 0.0267. The Kier molecular flexibility index (Phi) is 3.74. The highest BCUT2D eigenvalue weighted by Crippen LogP contribution is 2.37. The average Bonchev–Trinajstić information content (AvgIpc) is 2.44. The van der Waals surface area contributed by atoms with E-state index in [1.807, 2.05) is 0 Å². The van der Waals surface area contributed by atoms with Crippen molar-refractivity contribution in [3.05, 3.63) is 57.6 Å². The first kappa shape index (κ1) is 13.7. The molecule has 6 heteroatoms. The normalized spacial score (nSPS) is 10.4. The summed E-state index contributed by atoms with van der Waals surface area (Å²) in [5.41, 5.74) is 1.40. The molecule has 0 atom stereocenters. The average molecular weight is 275 g/mol. The molecule has 2 aromatic rings. The summed E-state index contributed by atoms with van der Waals surface area (Å²) >= 11 is 0. The topological polar surface area (TPSA) is 104 Å². The molecule has 2 aromatic carbocycles. The van der Waals surface area contributed by atoms with Gasteiger partial charge in [-0.2, -0.15) is 0 Å². The van der Waals surface area contributed by atoms with Crippen molar-refractivity contribution in [2.24, 2.45) is 0 Å². The van der Waals surface area contributed by atoms with Gasteiger partial charge in [0, 0.05) is 12.1 Å². The monoisotopic (exact) mass is 275 g/mol. The number of rotatable bonds is 4. The molecule has 3 N–H and O–H groups in total. The molecule has 0 spiro atoms. The van der Waals surface area contributed by atoms with Crippen LogP contribution in [0.15, 0.2) is 36.4 Å². The fraction of sp³-hybridized carbons (Fsp3) is 0.143. The van der Waals surface area contributed by atoms with E-state index in [-0.39, 0.29) is 17.2 Å². The van der Waals surface area contributed by atoms with E-state index in [4.69, 9.17) is 0 Å². The maximum Gasteiger partial charge on any atom is 0.269 e. The Labute approximate surface area is 114 Å². The van der Waals surface area contributed by atoms with Crippen molar-refractivity contribution in [2.45, 2.75) is 12.8 Å². The lowest BCUT2D eigenvalue weighted by Gasteiger charge is -2.07. The zero-order valence-electron chi connectivity index (χ0n) is 10.5. The molecule has 104 valence electrons. The van der Waals surface area contributed by atoms with Gasteiger partial charge < -0.3 is 15.3 Å². The summed E-state index contributed by atoms with van der Waals surface area (Å²) in [6.45, 7) is 0. The highest BCUT2D eigenvalue weighted by Gasteiger charge is 2.11. The number of nitro benzene ring substituents is 1. The van der Waals surface area contributed by atoms with E-state index in [0.717, 1.165) is 5.56 Å². The van der Waals surface area contributed by atoms with Crippen LogP contribution in [0.5, 0.6) is 17.2 Å². The van der Waals surface area contributed by atoms with E-state index in [9.17, 15) is 25.4 Å². The zero-order valence-corrected chi connectivity index (χ0v) is 10.5. The number of non-ortho nitro benzene ring substituents is 1. The maximum atomic E-state index is 10.5. The molecule has 0 saturated carbocycles. The van der Waals surface area contributed by atoms with Crippen molar-refractivity contribution in [1.82, 2.24) is 0 Å². The van der Waals surface area contributed by atoms with Crippen LogP contribution in [-0.2, 0) is 12.8 Å². The second-order valence-electron chi connectivity index (χ2n) is 4.36. The van der Waals surface area contributed by atoms with Gasteiger partial charge in [0.1, 0.15) is 0 Å². The first-order valence-corrected chi connectivity index (χ1v) is 5.95. The highest BCUT2D eigenvalue weighted by molar-refractivity contribution is 5.53. The molecule has 0 amide bonds. The molecule has 0 heterocycles. The van der Waals surface area contributed by atoms with Crippen LogP contribution in [0.1, 0.15) is 11.1 Å². The molecule has 6 nitrogen and oxygen atoms in total. The second-order valence-corrected chi connectivity index (χ2v) is 4.36. The maximum absolute atomic E-state index is 10.5. The van der Waals surface area contributed by atoms with Crippen LogP contribution in [0.2, 0.25) is 0 Å². The van der Waals surface area contributed by atoms with Gasteiger partial charge in [0.05, 0.1) is 4.92 Å². The van der Waals surface area contributed by atoms with Crippen LogP contribution in [0.25, 0.3) is 0 Å². The SMILES string of the molecule is O=[N+]([O-])c1ccc(CCc2ccc(O)c(O)c2O)cc1. The van der Waals surface area contributed by atoms with Gasteiger partial charge in [-0.15, -0.1) is 0 Å². The van der Waals surface area contributed by atoms with Crippen LogP contribution < -0.4 is 0 Å². The minimum Gasteiger partial charge on any atom is -0.504 e. The van der Waals surface area contributed by atoms with Gasteiger partial charge in [-0.05, 0) is 30.0 Å². The summed E-state index contributed by atoms with van der Waals surface area (Å²) < 4.78 is 0. The third-order valence-electron chi connectivity index (χ3n) is 3.04. The van der Waals surface area contributed by atoms with E-state index < -0.39 is 10.7 Å². The third-order valence-corrected chi connectivity index (χ3v) is 3.04. The summed E-state index contributed by atoms with van der Waals surface area (Å²) in [5, 5.41) is 38.8. The third kappa shape index (κ3) is 2.80. The molecular formula is C14H13NO5. The molecule has 0 saturated heterocycles. The number of nitrogens with zero attached hydrogens (tertiary/aromatic N) is 1. The summed E-state index contributed by atoms with van der Waals surface area (Å²) in [7, 11) is 0. The predicted molar refractivity (Wildman–Crippen MR) is 71.9 cm³/mol. The number of phenols is 3. The fourth-order valence-electron chi connectivity index (χ4n) is 1.88. The first-order chi connectivity index (χ1) is 9.49. The number of aromatic hydroxyl groups is 3. The van der Waals surface area contributed by atoms with Gasteiger partial charge in [0.15, 0.2) is 11.5 Å². The molecule has 0 bridgehead atoms. The fourth-order valence-corrected chi connectivity index (χ4v) is 1.88. The number of hydrogen-bond acceptors (Lipinski definition) is 5. The standard InChI is InChI=1S/C14H13NO5/c16-12-8-5-10(13(17)14(12)18)4-1-9-2-6-11(7-3-9)15(19)20/h2-3,5-8,16-18H,1,4H2. The summed E-state index contributed by atoms with van der Waals surface area (Å²) in [4.78, 5) is 10.1. The number of aryl methyl sites for hydroxylation is 2. The molecule has 0 fully saturated rings. The van der Waals surface area contributed by atoms with Crippen LogP contribution in [0.3, 0.4) is 0 Å². The lowest BCUT2D eigenvalue weighted by atomic mass is 10.0. The van der Waals surface area contributed by atoms with Crippen molar-refractivity contribution < 1.29 is 20.2 Å². The quantitative estimate of drug-likeness (QED) is 0.452. The van der Waals surface area contributed by atoms with Crippen LogP contribution in [0.4, 0.5) is 5.69 Å². The van der Waals surface area contributed by atoms with E-state index >= 15 is 0 Å². The van der Waals surface area contributed by atoms with E-state index in [2.05, 4.69) is 0 Å². The Morgan fingerprint density at radius 3 is 2.15 bits per heavy atom. The number of benzene rings is 2. The molecule has 0 unspecified atom stereocenters. The smallest absolute Gasteiger partial charge is 0.269 e. The number of phenolic OH excluding ortho intramolecular Hbond substituents is 3. The van der Waals surface area contributed by atoms with Gasteiger partial charge in [-0.3, -0.25) is 10.1 Å². The lowest BCUT2D eigenvalue weighted by molar-refractivity contribution is -0.384. The molecule has 0 aromatic heterocycles. The number of nitro groups is 1. The Morgan fingerprint density at radius 2 is 1.55 bits per heavy atom. The molecule has 0 aliphatic carbocycles. The van der Waals surface area contributed by atoms with Crippen LogP contribution >= 0.6 is 0 Å². The molecule has 0 aliphatic rings. The summed E-state index contributed by atoms with van der Waals surface area (Å²) in [6, 6.07) is 8.97. The van der Waals surface area contributed by atoms with Gasteiger partial charge in [0.2, 0.25) is 5.75 Å². The van der Waals surface area contributed by atoms with Gasteiger partial charge in [-0.1, -0.05) is 18.2 Å². The van der Waals surface area contributed by atoms with Crippen LogP contribution in [0, 0.1) is 10.1 Å². The first-order valence-electron chi connectivity index (χ1n) is 5.95. The van der Waals surface area contributed by atoms with Crippen molar-refractivity contribution in [3.8, 4) is 17.2 Å². The summed E-state index contributed by atoms with van der Waals surface area (Å²) in [6.07, 6.45) is 0.993. The van der Waals surface area contributed by atoms with Crippen molar-refractivity contribution in [3.63, 3.8) is 0 Å². The Hall–Kier alpha value is -2.76. The van der Waals surface area contributed by atoms with E-state index in [0.29, 0.717) is 18.4 Å². The van der Waals surface area contributed by atoms with Crippen LogP contribution in [-0.4, -0.2) is 20.2 Å². The van der Waals surface area contributed by atoms with Gasteiger partial charge in [0.25, 0.3) is 5.69 Å². The van der Waals surface area contributed by atoms with Crippen molar-refractivity contribution in [2.75, 3.05) is 0 Å². The Bertz CT molecular complexity index is 637. The molecule has 0 aliphatic heterocycles. The van der Waals surface area contributed by atoms with E-state index in [1.54, 1.807) is 12.1 Å². The van der Waals surface area contributed by atoms with Gasteiger partial charge in [-0.25, -0.2) is 0 Å². The number of hydrogen-bond donors (Lipinski definition) is 3. The predicted octanol–water partition coefficient (Wildman–Crippen LogP) is 2.50. The van der Waals surface area contributed by atoms with E-state index in [1.165, 1.54) is 24.3 Å². The zero-order chi connectivity index (χ0) is 14.7. The molecule has 2 rings (SSSR count). The second kappa shape index (κ2) is 5.48. The van der Waals surface area contributed by atoms with Gasteiger partial charge >= 0.3 is 0 Å². The van der Waals surface area contributed by atoms with Crippen molar-refractivity contribution >= 4 is 5.69 Å². The Morgan fingerprint density at radius 1 is 0.900 bits per heavy atom. The highest BCUT2D eigenvalue weighted by atomic mass is 16.6. The Balaban J connectivity index is 2.09. The largest absolute Gasteiger partial charge is 0.504 e. The molecule has 20 heavy (non-hydrogen) atoms. The molecular weight excluding hydrogens is 262 g/mol.